The molecule has 0 aliphatic carbocycles. The third kappa shape index (κ3) is 24.0. The van der Waals surface area contributed by atoms with Gasteiger partial charge in [0.1, 0.15) is 0 Å². The quantitative estimate of drug-likeness (QED) is 0.206. The highest BCUT2D eigenvalue weighted by molar-refractivity contribution is 4.56. The van der Waals surface area contributed by atoms with Crippen molar-refractivity contribution < 1.29 is 33.5 Å². The summed E-state index contributed by atoms with van der Waals surface area (Å²) in [5.74, 6) is 0. The molecule has 0 aliphatic heterocycles. The number of hydrogen-bond donors (Lipinski definition) is 1. The van der Waals surface area contributed by atoms with Crippen LogP contribution in [0.25, 0.3) is 0 Å². The van der Waals surface area contributed by atoms with Gasteiger partial charge in [-0.05, 0) is 12.8 Å². The first kappa shape index (κ1) is 29.7. The molecule has 0 heterocycles. The maximum Gasteiger partial charge on any atom is 0.0701 e. The van der Waals surface area contributed by atoms with E-state index in [1.165, 1.54) is 0 Å². The summed E-state index contributed by atoms with van der Waals surface area (Å²) < 4.78 is 33.0. The molecule has 0 spiro atoms. The van der Waals surface area contributed by atoms with Crippen molar-refractivity contribution in [2.45, 2.75) is 39.5 Å². The van der Waals surface area contributed by atoms with Crippen LogP contribution in [-0.2, 0) is 28.4 Å². The van der Waals surface area contributed by atoms with Crippen molar-refractivity contribution in [2.75, 3.05) is 106 Å². The molecule has 0 aromatic heterocycles. The Kier molecular flexibility index (Phi) is 26.4. The predicted molar refractivity (Wildman–Crippen MR) is 118 cm³/mol. The molecule has 0 rings (SSSR count). The Bertz CT molecular complexity index is 285. The first-order valence-corrected chi connectivity index (χ1v) is 11.6. The highest BCUT2D eigenvalue weighted by atomic mass is 16.5. The molecule has 0 unspecified atom stereocenters. The van der Waals surface area contributed by atoms with E-state index in [9.17, 15) is 5.11 Å². The summed E-state index contributed by atoms with van der Waals surface area (Å²) in [6.45, 7) is 14.2. The van der Waals surface area contributed by atoms with Crippen molar-refractivity contribution in [2.24, 2.45) is 0 Å². The second-order valence-corrected chi connectivity index (χ2v) is 6.95. The Morgan fingerprint density at radius 1 is 0.467 bits per heavy atom. The lowest BCUT2D eigenvalue weighted by molar-refractivity contribution is 0.00102. The molecule has 0 aromatic rings. The normalized spacial score (nSPS) is 11.6. The van der Waals surface area contributed by atoms with Gasteiger partial charge < -0.3 is 33.5 Å². The Hall–Kier alpha value is -0.320. The first-order chi connectivity index (χ1) is 14.8. The maximum absolute atomic E-state index is 9.20. The molecule has 0 bridgehead atoms. The smallest absolute Gasteiger partial charge is 0.0701 e. The van der Waals surface area contributed by atoms with Crippen LogP contribution < -0.4 is 0 Å². The summed E-state index contributed by atoms with van der Waals surface area (Å²) in [6, 6.07) is 0. The monoisotopic (exact) mass is 437 g/mol. The average molecular weight is 438 g/mol. The molecular formula is C22H47NO7. The fourth-order valence-electron chi connectivity index (χ4n) is 2.44. The van der Waals surface area contributed by atoms with Crippen LogP contribution in [0.4, 0.5) is 0 Å². The van der Waals surface area contributed by atoms with Gasteiger partial charge in [-0.2, -0.15) is 0 Å². The number of nitrogens with zero attached hydrogens (tertiary/aromatic N) is 1. The van der Waals surface area contributed by atoms with E-state index in [-0.39, 0.29) is 6.61 Å². The van der Waals surface area contributed by atoms with Crippen LogP contribution in [0.3, 0.4) is 0 Å². The van der Waals surface area contributed by atoms with E-state index in [1.807, 2.05) is 0 Å². The molecular weight excluding hydrogens is 390 g/mol. The van der Waals surface area contributed by atoms with Crippen LogP contribution in [-0.4, -0.2) is 116 Å². The highest BCUT2D eigenvalue weighted by Gasteiger charge is 2.04. The van der Waals surface area contributed by atoms with Gasteiger partial charge in [-0.15, -0.1) is 0 Å². The predicted octanol–water partition coefficient (Wildman–Crippen LogP) is 1.98. The third-order valence-electron chi connectivity index (χ3n) is 4.29. The summed E-state index contributed by atoms with van der Waals surface area (Å²) in [6.07, 6.45) is 4.50. The van der Waals surface area contributed by atoms with Crippen LogP contribution >= 0.6 is 0 Å². The largest absolute Gasteiger partial charge is 0.395 e. The van der Waals surface area contributed by atoms with E-state index in [1.54, 1.807) is 0 Å². The number of hydrogen-bond acceptors (Lipinski definition) is 8. The van der Waals surface area contributed by atoms with E-state index >= 15 is 0 Å². The number of ether oxygens (including phenoxy) is 6. The zero-order chi connectivity index (χ0) is 22.0. The summed E-state index contributed by atoms with van der Waals surface area (Å²) in [4.78, 5) is 2.13. The van der Waals surface area contributed by atoms with Crippen LogP contribution in [0, 0.1) is 0 Å². The third-order valence-corrected chi connectivity index (χ3v) is 4.29. The molecule has 0 radical (unpaired) electrons. The van der Waals surface area contributed by atoms with Gasteiger partial charge in [-0.25, -0.2) is 0 Å². The number of aliphatic hydroxyl groups is 1. The summed E-state index contributed by atoms with van der Waals surface area (Å²) >= 11 is 0. The van der Waals surface area contributed by atoms with Crippen LogP contribution in [0.5, 0.6) is 0 Å². The van der Waals surface area contributed by atoms with E-state index < -0.39 is 0 Å². The zero-order valence-corrected chi connectivity index (χ0v) is 19.5. The molecule has 8 heteroatoms. The SMILES string of the molecule is CCCCOCCOCCOCCN(CCO)CCOCCOCCOCCCC. The second-order valence-electron chi connectivity index (χ2n) is 6.95. The lowest BCUT2D eigenvalue weighted by atomic mass is 10.4. The number of aliphatic hydroxyl groups excluding tert-OH is 1. The second kappa shape index (κ2) is 26.7. The Morgan fingerprint density at radius 2 is 0.800 bits per heavy atom. The minimum atomic E-state index is 0.127. The molecule has 0 aromatic carbocycles. The summed E-state index contributed by atoms with van der Waals surface area (Å²) in [7, 11) is 0. The summed E-state index contributed by atoms with van der Waals surface area (Å²) in [5.41, 5.74) is 0. The average Bonchev–Trinajstić information content (AvgIpc) is 2.75. The molecule has 0 aliphatic rings. The number of unbranched alkanes of at least 4 members (excludes halogenated alkanes) is 2. The molecule has 1 N–H and O–H groups in total. The van der Waals surface area contributed by atoms with E-state index in [4.69, 9.17) is 28.4 Å². The first-order valence-electron chi connectivity index (χ1n) is 11.6. The Balaban J connectivity index is 3.40. The molecule has 182 valence electrons. The lowest BCUT2D eigenvalue weighted by Crippen LogP contribution is -2.34. The van der Waals surface area contributed by atoms with Crippen LogP contribution in [0.15, 0.2) is 0 Å². The topological polar surface area (TPSA) is 78.9 Å². The molecule has 0 saturated heterocycles. The van der Waals surface area contributed by atoms with Gasteiger partial charge in [-0.1, -0.05) is 26.7 Å². The van der Waals surface area contributed by atoms with Crippen LogP contribution in [0.2, 0.25) is 0 Å². The van der Waals surface area contributed by atoms with E-state index in [0.29, 0.717) is 72.6 Å². The minimum absolute atomic E-state index is 0.127. The van der Waals surface area contributed by atoms with Gasteiger partial charge in [0.2, 0.25) is 0 Å². The molecule has 0 amide bonds. The van der Waals surface area contributed by atoms with Gasteiger partial charge in [0.05, 0.1) is 72.7 Å². The van der Waals surface area contributed by atoms with Crippen molar-refractivity contribution >= 4 is 0 Å². The van der Waals surface area contributed by atoms with Crippen molar-refractivity contribution in [3.63, 3.8) is 0 Å². The minimum Gasteiger partial charge on any atom is -0.395 e. The molecule has 0 atom stereocenters. The van der Waals surface area contributed by atoms with Crippen molar-refractivity contribution in [1.29, 1.82) is 0 Å². The summed E-state index contributed by atoms with van der Waals surface area (Å²) in [5, 5.41) is 9.20. The van der Waals surface area contributed by atoms with Crippen LogP contribution in [0.1, 0.15) is 39.5 Å². The van der Waals surface area contributed by atoms with Crippen molar-refractivity contribution in [3.8, 4) is 0 Å². The molecule has 0 fully saturated rings. The lowest BCUT2D eigenvalue weighted by Gasteiger charge is -2.21. The fourth-order valence-corrected chi connectivity index (χ4v) is 2.44. The highest BCUT2D eigenvalue weighted by Crippen LogP contribution is 1.92. The van der Waals surface area contributed by atoms with Gasteiger partial charge >= 0.3 is 0 Å². The maximum atomic E-state index is 9.20. The van der Waals surface area contributed by atoms with Gasteiger partial charge in [-0.3, -0.25) is 4.90 Å². The molecule has 0 saturated carbocycles. The standard InChI is InChI=1S/C22H47NO7/c1-3-5-11-25-15-19-29-21-17-27-13-8-23(7-10-24)9-14-28-18-22-30-20-16-26-12-6-4-2/h24H,3-22H2,1-2H3. The van der Waals surface area contributed by atoms with Gasteiger partial charge in [0, 0.05) is 32.8 Å². The Morgan fingerprint density at radius 3 is 1.13 bits per heavy atom. The zero-order valence-electron chi connectivity index (χ0n) is 19.5. The van der Waals surface area contributed by atoms with Crippen molar-refractivity contribution in [3.05, 3.63) is 0 Å². The molecule has 30 heavy (non-hydrogen) atoms. The van der Waals surface area contributed by atoms with Gasteiger partial charge in [0.15, 0.2) is 0 Å². The Labute approximate surface area is 184 Å². The fraction of sp³-hybridized carbons (Fsp3) is 1.00. The van der Waals surface area contributed by atoms with E-state index in [2.05, 4.69) is 18.7 Å². The molecule has 8 nitrogen and oxygen atoms in total. The number of rotatable bonds is 26. The van der Waals surface area contributed by atoms with Gasteiger partial charge in [0.25, 0.3) is 0 Å². The van der Waals surface area contributed by atoms with E-state index in [0.717, 1.165) is 52.0 Å². The van der Waals surface area contributed by atoms with Crippen molar-refractivity contribution in [1.82, 2.24) is 4.90 Å².